The lowest BCUT2D eigenvalue weighted by Gasteiger charge is -2.13. The maximum absolute atomic E-state index is 12.4. The second-order valence-electron chi connectivity index (χ2n) is 4.80. The Kier molecular flexibility index (Phi) is 4.55. The van der Waals surface area contributed by atoms with Crippen LogP contribution in [0.4, 0.5) is 5.82 Å². The van der Waals surface area contributed by atoms with Gasteiger partial charge in [0.2, 0.25) is 5.91 Å². The summed E-state index contributed by atoms with van der Waals surface area (Å²) < 4.78 is 1.79. The lowest BCUT2D eigenvalue weighted by atomic mass is 10.2. The zero-order valence-electron chi connectivity index (χ0n) is 11.8. The summed E-state index contributed by atoms with van der Waals surface area (Å²) in [5, 5.41) is 7.55. The van der Waals surface area contributed by atoms with E-state index in [-0.39, 0.29) is 11.2 Å². The lowest BCUT2D eigenvalue weighted by Crippen LogP contribution is -2.24. The van der Waals surface area contributed by atoms with Crippen molar-refractivity contribution in [2.75, 3.05) is 17.3 Å². The molecule has 1 amide bonds. The minimum absolute atomic E-state index is 0.0684. The molecular weight excluding hydrogens is 302 g/mol. The Morgan fingerprint density at radius 1 is 1.43 bits per heavy atom. The van der Waals surface area contributed by atoms with E-state index in [9.17, 15) is 4.79 Å². The lowest BCUT2D eigenvalue weighted by molar-refractivity contribution is -0.115. The zero-order chi connectivity index (χ0) is 14.7. The van der Waals surface area contributed by atoms with Crippen LogP contribution < -0.4 is 5.32 Å². The van der Waals surface area contributed by atoms with Crippen molar-refractivity contribution in [1.82, 2.24) is 9.78 Å². The van der Waals surface area contributed by atoms with Crippen LogP contribution in [0.5, 0.6) is 0 Å². The van der Waals surface area contributed by atoms with Gasteiger partial charge in [-0.1, -0.05) is 18.2 Å². The number of carbonyl (C=O) groups excluding carboxylic acids is 1. The van der Waals surface area contributed by atoms with Crippen molar-refractivity contribution in [1.29, 1.82) is 0 Å². The summed E-state index contributed by atoms with van der Waals surface area (Å²) in [6, 6.07) is 9.87. The Hall–Kier alpha value is -1.40. The highest BCUT2D eigenvalue weighted by atomic mass is 32.2. The van der Waals surface area contributed by atoms with Crippen LogP contribution in [-0.4, -0.2) is 32.9 Å². The third-order valence-corrected chi connectivity index (χ3v) is 5.54. The van der Waals surface area contributed by atoms with Crippen LogP contribution in [0.3, 0.4) is 0 Å². The van der Waals surface area contributed by atoms with Gasteiger partial charge in [-0.3, -0.25) is 4.79 Å². The van der Waals surface area contributed by atoms with E-state index >= 15 is 0 Å². The van der Waals surface area contributed by atoms with Gasteiger partial charge < -0.3 is 5.32 Å². The minimum atomic E-state index is 0.0684. The number of aromatic nitrogens is 2. The number of benzene rings is 1. The number of hydrogen-bond donors (Lipinski definition) is 1. The van der Waals surface area contributed by atoms with E-state index in [4.69, 9.17) is 0 Å². The SMILES string of the molecule is CSc1cnn(-c2ccccc2)c1NC(=O)[C@H]1CCCS1. The first-order chi connectivity index (χ1) is 10.3. The molecule has 1 fully saturated rings. The summed E-state index contributed by atoms with van der Waals surface area (Å²) in [5.74, 6) is 1.93. The molecule has 4 nitrogen and oxygen atoms in total. The number of amides is 1. The highest BCUT2D eigenvalue weighted by molar-refractivity contribution is 8.00. The average molecular weight is 319 g/mol. The summed E-state index contributed by atoms with van der Waals surface area (Å²) in [6.45, 7) is 0. The van der Waals surface area contributed by atoms with E-state index < -0.39 is 0 Å². The number of anilines is 1. The second-order valence-corrected chi connectivity index (χ2v) is 6.96. The molecule has 1 aromatic heterocycles. The predicted molar refractivity (Wildman–Crippen MR) is 89.5 cm³/mol. The summed E-state index contributed by atoms with van der Waals surface area (Å²) in [5.41, 5.74) is 0.951. The summed E-state index contributed by atoms with van der Waals surface area (Å²) in [7, 11) is 0. The topological polar surface area (TPSA) is 46.9 Å². The van der Waals surface area contributed by atoms with Gasteiger partial charge in [-0.15, -0.1) is 23.5 Å². The summed E-state index contributed by atoms with van der Waals surface area (Å²) in [6.07, 6.45) is 5.88. The van der Waals surface area contributed by atoms with Crippen molar-refractivity contribution in [3.63, 3.8) is 0 Å². The minimum Gasteiger partial charge on any atom is -0.309 e. The monoisotopic (exact) mass is 319 g/mol. The molecule has 0 bridgehead atoms. The van der Waals surface area contributed by atoms with E-state index in [1.807, 2.05) is 36.6 Å². The number of rotatable bonds is 4. The van der Waals surface area contributed by atoms with Gasteiger partial charge in [0.05, 0.1) is 22.0 Å². The number of carbonyl (C=O) groups is 1. The van der Waals surface area contributed by atoms with Gasteiger partial charge in [0.15, 0.2) is 0 Å². The molecule has 0 saturated carbocycles. The van der Waals surface area contributed by atoms with Gasteiger partial charge in [-0.25, -0.2) is 4.68 Å². The number of hydrogen-bond acceptors (Lipinski definition) is 4. The highest BCUT2D eigenvalue weighted by Crippen LogP contribution is 2.31. The van der Waals surface area contributed by atoms with E-state index in [0.717, 1.165) is 35.0 Å². The molecule has 2 heterocycles. The van der Waals surface area contributed by atoms with E-state index in [0.29, 0.717) is 0 Å². The van der Waals surface area contributed by atoms with Gasteiger partial charge >= 0.3 is 0 Å². The number of nitrogens with zero attached hydrogens (tertiary/aromatic N) is 2. The van der Waals surface area contributed by atoms with Crippen molar-refractivity contribution in [3.05, 3.63) is 36.5 Å². The van der Waals surface area contributed by atoms with Crippen molar-refractivity contribution < 1.29 is 4.79 Å². The quantitative estimate of drug-likeness (QED) is 0.877. The fraction of sp³-hybridized carbons (Fsp3) is 0.333. The predicted octanol–water partition coefficient (Wildman–Crippen LogP) is 3.43. The van der Waals surface area contributed by atoms with Crippen LogP contribution in [0.25, 0.3) is 5.69 Å². The molecular formula is C15H17N3OS2. The first-order valence-corrected chi connectivity index (χ1v) is 9.17. The van der Waals surface area contributed by atoms with Crippen molar-refractivity contribution in [3.8, 4) is 5.69 Å². The normalized spacial score (nSPS) is 17.9. The van der Waals surface area contributed by atoms with Crippen molar-refractivity contribution in [2.24, 2.45) is 0 Å². The van der Waals surface area contributed by atoms with Crippen LogP contribution >= 0.6 is 23.5 Å². The largest absolute Gasteiger partial charge is 0.309 e. The highest BCUT2D eigenvalue weighted by Gasteiger charge is 2.25. The second kappa shape index (κ2) is 6.58. The molecule has 1 atom stereocenters. The van der Waals surface area contributed by atoms with Gasteiger partial charge in [0.25, 0.3) is 0 Å². The third-order valence-electron chi connectivity index (χ3n) is 3.42. The molecule has 0 unspecified atom stereocenters. The molecule has 0 aliphatic carbocycles. The third kappa shape index (κ3) is 3.11. The smallest absolute Gasteiger partial charge is 0.238 e. The Balaban J connectivity index is 1.89. The van der Waals surface area contributed by atoms with Crippen LogP contribution in [0.15, 0.2) is 41.4 Å². The number of nitrogens with one attached hydrogen (secondary N) is 1. The molecule has 1 aliphatic rings. The summed E-state index contributed by atoms with van der Waals surface area (Å²) >= 11 is 3.33. The Bertz CT molecular complexity index is 621. The molecule has 1 saturated heterocycles. The Morgan fingerprint density at radius 3 is 2.90 bits per heavy atom. The molecule has 1 N–H and O–H groups in total. The average Bonchev–Trinajstić information content (AvgIpc) is 3.17. The first-order valence-electron chi connectivity index (χ1n) is 6.89. The molecule has 3 rings (SSSR count). The van der Waals surface area contributed by atoms with Crippen LogP contribution in [0, 0.1) is 0 Å². The van der Waals surface area contributed by atoms with Crippen LogP contribution in [0.1, 0.15) is 12.8 Å². The number of thioether (sulfide) groups is 2. The van der Waals surface area contributed by atoms with Gasteiger partial charge in [0, 0.05) is 0 Å². The molecule has 2 aromatic rings. The maximum atomic E-state index is 12.4. The zero-order valence-corrected chi connectivity index (χ0v) is 13.4. The van der Waals surface area contributed by atoms with E-state index in [1.165, 1.54) is 0 Å². The molecule has 1 aliphatic heterocycles. The molecule has 21 heavy (non-hydrogen) atoms. The summed E-state index contributed by atoms with van der Waals surface area (Å²) in [4.78, 5) is 13.4. The Labute approximate surface area is 132 Å². The van der Waals surface area contributed by atoms with Crippen LogP contribution in [-0.2, 0) is 4.79 Å². The standard InChI is InChI=1S/C15H17N3OS2/c1-20-13-10-16-18(11-6-3-2-4-7-11)14(13)17-15(19)12-8-5-9-21-12/h2-4,6-7,10,12H,5,8-9H2,1H3,(H,17,19)/t12-/m1/s1. The Morgan fingerprint density at radius 2 is 2.24 bits per heavy atom. The molecule has 0 spiro atoms. The van der Waals surface area contributed by atoms with Gasteiger partial charge in [-0.05, 0) is 37.0 Å². The fourth-order valence-corrected chi connectivity index (χ4v) is 3.99. The molecule has 110 valence electrons. The maximum Gasteiger partial charge on any atom is 0.238 e. The fourth-order valence-electron chi connectivity index (χ4n) is 2.34. The van der Waals surface area contributed by atoms with Crippen molar-refractivity contribution >= 4 is 35.2 Å². The first kappa shape index (κ1) is 14.5. The van der Waals surface area contributed by atoms with Gasteiger partial charge in [-0.2, -0.15) is 5.10 Å². The van der Waals surface area contributed by atoms with Gasteiger partial charge in [0.1, 0.15) is 5.82 Å². The van der Waals surface area contributed by atoms with Crippen molar-refractivity contribution in [2.45, 2.75) is 23.0 Å². The van der Waals surface area contributed by atoms with E-state index in [1.54, 1.807) is 34.4 Å². The van der Waals surface area contributed by atoms with Crippen LogP contribution in [0.2, 0.25) is 0 Å². The molecule has 0 radical (unpaired) electrons. The van der Waals surface area contributed by atoms with E-state index in [2.05, 4.69) is 10.4 Å². The molecule has 1 aromatic carbocycles. The number of para-hydroxylation sites is 1. The molecule has 6 heteroatoms.